The molecule has 0 spiro atoms. The summed E-state index contributed by atoms with van der Waals surface area (Å²) >= 11 is 3.26. The first kappa shape index (κ1) is 33.6. The van der Waals surface area contributed by atoms with E-state index in [-0.39, 0.29) is 35.2 Å². The third-order valence-corrected chi connectivity index (χ3v) is 13.9. The highest BCUT2D eigenvalue weighted by molar-refractivity contribution is 7.13. The van der Waals surface area contributed by atoms with Crippen molar-refractivity contribution in [1.82, 2.24) is 0 Å². The highest BCUT2D eigenvalue weighted by Crippen LogP contribution is 2.44. The summed E-state index contributed by atoms with van der Waals surface area (Å²) in [5.41, 5.74) is 3.89. The number of nitrogens with zero attached hydrogens (tertiary/aromatic N) is 2. The molecule has 4 fully saturated rings. The van der Waals surface area contributed by atoms with Gasteiger partial charge in [-0.15, -0.1) is 22.7 Å². The first-order valence-electron chi connectivity index (χ1n) is 18.5. The summed E-state index contributed by atoms with van der Waals surface area (Å²) in [6.45, 7) is 0. The lowest BCUT2D eigenvalue weighted by Crippen LogP contribution is -2.15. The van der Waals surface area contributed by atoms with Gasteiger partial charge in [-0.1, -0.05) is 25.7 Å². The maximum atomic E-state index is 12.9. The number of ketones is 4. The lowest BCUT2D eigenvalue weighted by atomic mass is 9.85. The van der Waals surface area contributed by atoms with E-state index in [0.717, 1.165) is 119 Å². The van der Waals surface area contributed by atoms with E-state index < -0.39 is 0 Å². The van der Waals surface area contributed by atoms with Crippen LogP contribution in [0.4, 0.5) is 0 Å². The number of fused-ring (bicyclic) bond motifs is 2. The molecule has 2 aromatic rings. The Morgan fingerprint density at radius 1 is 0.646 bits per heavy atom. The molecule has 0 aromatic carbocycles. The van der Waals surface area contributed by atoms with E-state index in [1.807, 2.05) is 0 Å². The Bertz CT molecular complexity index is 1690. The zero-order chi connectivity index (χ0) is 33.4. The first-order valence-corrected chi connectivity index (χ1v) is 20.1. The van der Waals surface area contributed by atoms with Crippen molar-refractivity contribution in [1.29, 1.82) is 10.5 Å². The molecule has 2 aromatic heterocycles. The molecule has 0 amide bonds. The molecule has 6 nitrogen and oxygen atoms in total. The number of hydrogen-bond donors (Lipinski definition) is 0. The summed E-state index contributed by atoms with van der Waals surface area (Å²) in [6.07, 6.45) is 18.4. The van der Waals surface area contributed by atoms with Gasteiger partial charge >= 0.3 is 0 Å². The Balaban J connectivity index is 0.000000152. The van der Waals surface area contributed by atoms with E-state index in [9.17, 15) is 29.7 Å². The number of aryl methyl sites for hydroxylation is 1. The first-order chi connectivity index (χ1) is 23.3. The maximum absolute atomic E-state index is 12.9. The Labute approximate surface area is 292 Å². The monoisotopic (exact) mass is 682 g/mol. The van der Waals surface area contributed by atoms with Gasteiger partial charge in [0, 0.05) is 68.2 Å². The molecule has 0 radical (unpaired) electrons. The van der Waals surface area contributed by atoms with Crippen molar-refractivity contribution in [2.45, 2.75) is 134 Å². The van der Waals surface area contributed by atoms with Gasteiger partial charge < -0.3 is 0 Å². The van der Waals surface area contributed by atoms with Gasteiger partial charge in [0.2, 0.25) is 0 Å². The van der Waals surface area contributed by atoms with E-state index in [4.69, 9.17) is 0 Å². The standard InChI is InChI=1S/2C20H23NO2S/c21-11-13-4-8-18-15(9-13)20(16(22)7-3-12-1-2-12)19(24-18)10-17(23)14-5-6-14;21-11-14-2-1-3-15-19(16(22)9-6-12-4-5-12)18(24-20(14)15)10-17(23)13-7-8-13/h2*12-14H,1-10H2. The van der Waals surface area contributed by atoms with Crippen molar-refractivity contribution in [2.75, 3.05) is 0 Å². The molecule has 8 rings (SSSR count). The smallest absolute Gasteiger partial charge is 0.164 e. The van der Waals surface area contributed by atoms with Gasteiger partial charge in [-0.25, -0.2) is 0 Å². The van der Waals surface area contributed by atoms with E-state index in [2.05, 4.69) is 12.1 Å². The van der Waals surface area contributed by atoms with Crippen LogP contribution in [-0.4, -0.2) is 23.1 Å². The molecule has 0 bridgehead atoms. The van der Waals surface area contributed by atoms with Gasteiger partial charge in [-0.05, 0) is 100 Å². The fourth-order valence-electron chi connectivity index (χ4n) is 7.60. The van der Waals surface area contributed by atoms with Crippen molar-refractivity contribution < 1.29 is 19.2 Å². The van der Waals surface area contributed by atoms with E-state index in [1.165, 1.54) is 30.6 Å². The van der Waals surface area contributed by atoms with Crippen LogP contribution in [0.25, 0.3) is 0 Å². The molecule has 0 aliphatic heterocycles. The number of carbonyl (C=O) groups excluding carboxylic acids is 4. The number of Topliss-reactive ketones (excluding diaryl/α,β-unsaturated/α-hetero) is 4. The Kier molecular flexibility index (Phi) is 10.1. The van der Waals surface area contributed by atoms with Crippen LogP contribution in [0.15, 0.2) is 0 Å². The van der Waals surface area contributed by atoms with Gasteiger partial charge in [0.1, 0.15) is 11.6 Å². The average molecular weight is 683 g/mol. The van der Waals surface area contributed by atoms with Crippen LogP contribution in [0.3, 0.4) is 0 Å². The summed E-state index contributed by atoms with van der Waals surface area (Å²) in [4.78, 5) is 54.7. The van der Waals surface area contributed by atoms with Crippen LogP contribution in [0.1, 0.15) is 154 Å². The van der Waals surface area contributed by atoms with Crippen molar-refractivity contribution in [3.05, 3.63) is 41.8 Å². The fourth-order valence-corrected chi connectivity index (χ4v) is 10.4. The van der Waals surface area contributed by atoms with Crippen molar-refractivity contribution in [2.24, 2.45) is 29.6 Å². The molecular formula is C40H46N2O4S2. The second-order valence-electron chi connectivity index (χ2n) is 15.3. The van der Waals surface area contributed by atoms with Crippen LogP contribution in [0.2, 0.25) is 0 Å². The third-order valence-electron chi connectivity index (χ3n) is 11.3. The Hall–Kier alpha value is -2.94. The predicted molar refractivity (Wildman–Crippen MR) is 187 cm³/mol. The number of thiophene rings is 2. The topological polar surface area (TPSA) is 116 Å². The molecule has 0 N–H and O–H groups in total. The molecule has 252 valence electrons. The number of rotatable bonds is 14. The second-order valence-corrected chi connectivity index (χ2v) is 17.7. The van der Waals surface area contributed by atoms with Crippen LogP contribution in [0.5, 0.6) is 0 Å². The fraction of sp³-hybridized carbons (Fsp3) is 0.650. The quantitative estimate of drug-likeness (QED) is 0.184. The average Bonchev–Trinajstić information content (AvgIpc) is 3.91. The molecule has 8 heteroatoms. The van der Waals surface area contributed by atoms with Crippen molar-refractivity contribution in [3.63, 3.8) is 0 Å². The molecule has 2 unspecified atom stereocenters. The van der Waals surface area contributed by atoms with E-state index in [1.54, 1.807) is 22.7 Å². The molecule has 2 atom stereocenters. The molecule has 2 heterocycles. The van der Waals surface area contributed by atoms with Gasteiger partial charge in [-0.2, -0.15) is 10.5 Å². The Morgan fingerprint density at radius 3 is 1.73 bits per heavy atom. The van der Waals surface area contributed by atoms with Crippen LogP contribution >= 0.6 is 22.7 Å². The summed E-state index contributed by atoms with van der Waals surface area (Å²) in [5.74, 6) is 2.93. The predicted octanol–water partition coefficient (Wildman–Crippen LogP) is 8.86. The summed E-state index contributed by atoms with van der Waals surface area (Å²) in [6, 6.07) is 4.78. The largest absolute Gasteiger partial charge is 0.299 e. The minimum atomic E-state index is -0.0847. The van der Waals surface area contributed by atoms with Crippen molar-refractivity contribution in [3.8, 4) is 12.1 Å². The zero-order valence-corrected chi connectivity index (χ0v) is 29.6. The normalized spacial score (nSPS) is 22.7. The van der Waals surface area contributed by atoms with E-state index >= 15 is 0 Å². The lowest BCUT2D eigenvalue weighted by Gasteiger charge is -2.17. The lowest BCUT2D eigenvalue weighted by molar-refractivity contribution is -0.120. The highest BCUT2D eigenvalue weighted by Gasteiger charge is 2.36. The SMILES string of the molecule is N#CC1CCCc2c1sc(CC(=O)C1CC1)c2C(=O)CCC1CC1.N#CC1CCc2sc(CC(=O)C3CC3)c(C(=O)CCC3CC3)c2C1. The van der Waals surface area contributed by atoms with Gasteiger partial charge in [0.25, 0.3) is 0 Å². The molecule has 6 aliphatic rings. The van der Waals surface area contributed by atoms with Crippen LogP contribution < -0.4 is 0 Å². The van der Waals surface area contributed by atoms with Gasteiger partial charge in [0.05, 0.1) is 24.0 Å². The van der Waals surface area contributed by atoms with Gasteiger partial charge in [0.15, 0.2) is 11.6 Å². The molecule has 4 saturated carbocycles. The molecule has 0 saturated heterocycles. The molecule has 48 heavy (non-hydrogen) atoms. The van der Waals surface area contributed by atoms with Crippen molar-refractivity contribution >= 4 is 45.8 Å². The molecule has 6 aliphatic carbocycles. The van der Waals surface area contributed by atoms with Crippen LogP contribution in [-0.2, 0) is 41.7 Å². The summed E-state index contributed by atoms with van der Waals surface area (Å²) in [5, 5.41) is 18.7. The number of nitriles is 2. The maximum Gasteiger partial charge on any atom is 0.164 e. The number of hydrogen-bond acceptors (Lipinski definition) is 8. The second kappa shape index (κ2) is 14.5. The van der Waals surface area contributed by atoms with Crippen LogP contribution in [0, 0.1) is 52.3 Å². The summed E-state index contributed by atoms with van der Waals surface area (Å²) in [7, 11) is 0. The summed E-state index contributed by atoms with van der Waals surface area (Å²) < 4.78 is 0. The number of carbonyl (C=O) groups is 4. The zero-order valence-electron chi connectivity index (χ0n) is 28.0. The molecular weight excluding hydrogens is 637 g/mol. The minimum absolute atomic E-state index is 0.0223. The third kappa shape index (κ3) is 7.92. The van der Waals surface area contributed by atoms with Gasteiger partial charge in [-0.3, -0.25) is 19.2 Å². The minimum Gasteiger partial charge on any atom is -0.299 e. The Morgan fingerprint density at radius 2 is 1.21 bits per heavy atom. The van der Waals surface area contributed by atoms with E-state index in [0.29, 0.717) is 43.7 Å². The highest BCUT2D eigenvalue weighted by atomic mass is 32.1.